The van der Waals surface area contributed by atoms with E-state index in [2.05, 4.69) is 35.9 Å². The van der Waals surface area contributed by atoms with Crippen molar-refractivity contribution in [3.8, 4) is 0 Å². The standard InChI is InChI=1S/C16H23N3O/c1-3-19-15-7-5-4-6-12(15)14(18-19)10-13(17)16(20-2)11-8-9-11/h4-7,11,13,16H,3,8-10,17H2,1-2H3. The van der Waals surface area contributed by atoms with Crippen LogP contribution in [0.25, 0.3) is 10.9 Å². The first-order valence-corrected chi connectivity index (χ1v) is 7.47. The molecule has 4 nitrogen and oxygen atoms in total. The quantitative estimate of drug-likeness (QED) is 0.879. The van der Waals surface area contributed by atoms with Gasteiger partial charge in [-0.15, -0.1) is 0 Å². The second-order valence-electron chi connectivity index (χ2n) is 5.69. The zero-order chi connectivity index (χ0) is 14.1. The zero-order valence-electron chi connectivity index (χ0n) is 12.2. The van der Waals surface area contributed by atoms with Crippen molar-refractivity contribution in [2.24, 2.45) is 11.7 Å². The fraction of sp³-hybridized carbons (Fsp3) is 0.562. The summed E-state index contributed by atoms with van der Waals surface area (Å²) in [6, 6.07) is 8.40. The van der Waals surface area contributed by atoms with Crippen molar-refractivity contribution in [3.05, 3.63) is 30.0 Å². The van der Waals surface area contributed by atoms with E-state index in [1.807, 2.05) is 0 Å². The molecule has 20 heavy (non-hydrogen) atoms. The molecule has 2 N–H and O–H groups in total. The average molecular weight is 273 g/mol. The molecule has 0 amide bonds. The molecule has 0 spiro atoms. The molecule has 1 aromatic carbocycles. The van der Waals surface area contributed by atoms with E-state index in [4.69, 9.17) is 15.6 Å². The van der Waals surface area contributed by atoms with E-state index in [9.17, 15) is 0 Å². The van der Waals surface area contributed by atoms with E-state index < -0.39 is 0 Å². The molecule has 0 radical (unpaired) electrons. The normalized spacial score (nSPS) is 18.4. The van der Waals surface area contributed by atoms with Gasteiger partial charge in [0.2, 0.25) is 0 Å². The molecule has 1 aliphatic rings. The maximum atomic E-state index is 6.37. The van der Waals surface area contributed by atoms with E-state index >= 15 is 0 Å². The molecule has 108 valence electrons. The molecule has 2 aromatic rings. The predicted octanol–water partition coefficient (Wildman–Crippen LogP) is 2.35. The minimum absolute atomic E-state index is 0.0242. The molecule has 0 saturated heterocycles. The SMILES string of the molecule is CCn1nc(CC(N)C(OC)C2CC2)c2ccccc21. The topological polar surface area (TPSA) is 53.1 Å². The summed E-state index contributed by atoms with van der Waals surface area (Å²) >= 11 is 0. The Morgan fingerprint density at radius 2 is 2.15 bits per heavy atom. The molecule has 1 fully saturated rings. The van der Waals surface area contributed by atoms with Gasteiger partial charge in [-0.1, -0.05) is 18.2 Å². The Labute approximate surface area is 119 Å². The number of ether oxygens (including phenoxy) is 1. The number of fused-ring (bicyclic) bond motifs is 1. The highest BCUT2D eigenvalue weighted by atomic mass is 16.5. The Morgan fingerprint density at radius 3 is 2.80 bits per heavy atom. The number of nitrogens with two attached hydrogens (primary N) is 1. The third-order valence-corrected chi connectivity index (χ3v) is 4.24. The lowest BCUT2D eigenvalue weighted by Crippen LogP contribution is -2.39. The van der Waals surface area contributed by atoms with E-state index in [-0.39, 0.29) is 12.1 Å². The molecular formula is C16H23N3O. The summed E-state index contributed by atoms with van der Waals surface area (Å²) in [7, 11) is 1.77. The van der Waals surface area contributed by atoms with Gasteiger partial charge >= 0.3 is 0 Å². The summed E-state index contributed by atoms with van der Waals surface area (Å²) in [5.74, 6) is 0.648. The number of methoxy groups -OCH3 is 1. The number of para-hydroxylation sites is 1. The minimum Gasteiger partial charge on any atom is -0.380 e. The van der Waals surface area contributed by atoms with Crippen molar-refractivity contribution in [2.75, 3.05) is 7.11 Å². The Hall–Kier alpha value is -1.39. The summed E-state index contributed by atoms with van der Waals surface area (Å²) in [6.07, 6.45) is 3.44. The fourth-order valence-electron chi connectivity index (χ4n) is 3.07. The highest BCUT2D eigenvalue weighted by Crippen LogP contribution is 2.36. The van der Waals surface area contributed by atoms with Crippen LogP contribution in [-0.4, -0.2) is 29.0 Å². The molecule has 0 aliphatic heterocycles. The molecular weight excluding hydrogens is 250 g/mol. The summed E-state index contributed by atoms with van der Waals surface area (Å²) in [5, 5.41) is 5.94. The smallest absolute Gasteiger partial charge is 0.0754 e. The van der Waals surface area contributed by atoms with E-state index in [1.165, 1.54) is 23.7 Å². The van der Waals surface area contributed by atoms with E-state index in [0.717, 1.165) is 18.7 Å². The van der Waals surface area contributed by atoms with Gasteiger partial charge in [0.05, 0.1) is 17.3 Å². The molecule has 1 aliphatic carbocycles. The molecule has 2 unspecified atom stereocenters. The number of aryl methyl sites for hydroxylation is 1. The number of nitrogens with zero attached hydrogens (tertiary/aromatic N) is 2. The number of hydrogen-bond acceptors (Lipinski definition) is 3. The van der Waals surface area contributed by atoms with Crippen LogP contribution in [0, 0.1) is 5.92 Å². The van der Waals surface area contributed by atoms with Crippen LogP contribution in [0.4, 0.5) is 0 Å². The van der Waals surface area contributed by atoms with Gasteiger partial charge in [0.1, 0.15) is 0 Å². The largest absolute Gasteiger partial charge is 0.380 e. The van der Waals surface area contributed by atoms with Crippen molar-refractivity contribution in [1.82, 2.24) is 9.78 Å². The van der Waals surface area contributed by atoms with Gasteiger partial charge in [-0.2, -0.15) is 5.10 Å². The van der Waals surface area contributed by atoms with Gasteiger partial charge in [0, 0.05) is 31.5 Å². The fourth-order valence-corrected chi connectivity index (χ4v) is 3.07. The van der Waals surface area contributed by atoms with Gasteiger partial charge in [0.15, 0.2) is 0 Å². The van der Waals surface area contributed by atoms with E-state index in [1.54, 1.807) is 7.11 Å². The monoisotopic (exact) mass is 273 g/mol. The Bertz CT molecular complexity index is 588. The lowest BCUT2D eigenvalue weighted by molar-refractivity contribution is 0.0624. The lowest BCUT2D eigenvalue weighted by Gasteiger charge is -2.21. The third kappa shape index (κ3) is 2.45. The van der Waals surface area contributed by atoms with Gasteiger partial charge in [-0.25, -0.2) is 0 Å². The van der Waals surface area contributed by atoms with Crippen LogP contribution < -0.4 is 5.73 Å². The predicted molar refractivity (Wildman–Crippen MR) is 80.6 cm³/mol. The van der Waals surface area contributed by atoms with Crippen LogP contribution in [0.2, 0.25) is 0 Å². The molecule has 1 aromatic heterocycles. The summed E-state index contributed by atoms with van der Waals surface area (Å²) < 4.78 is 7.65. The number of rotatable bonds is 6. The lowest BCUT2D eigenvalue weighted by atomic mass is 10.0. The highest BCUT2D eigenvalue weighted by molar-refractivity contribution is 5.82. The second kappa shape index (κ2) is 5.54. The van der Waals surface area contributed by atoms with Crippen molar-refractivity contribution in [2.45, 2.75) is 44.9 Å². The van der Waals surface area contributed by atoms with Crippen molar-refractivity contribution >= 4 is 10.9 Å². The zero-order valence-corrected chi connectivity index (χ0v) is 12.2. The van der Waals surface area contributed by atoms with E-state index in [0.29, 0.717) is 5.92 Å². The summed E-state index contributed by atoms with van der Waals surface area (Å²) in [6.45, 7) is 3.00. The van der Waals surface area contributed by atoms with Crippen LogP contribution in [0.3, 0.4) is 0 Å². The Balaban J connectivity index is 1.86. The van der Waals surface area contributed by atoms with Crippen molar-refractivity contribution in [3.63, 3.8) is 0 Å². The van der Waals surface area contributed by atoms with Crippen LogP contribution in [0.15, 0.2) is 24.3 Å². The molecule has 3 rings (SSSR count). The third-order valence-electron chi connectivity index (χ3n) is 4.24. The van der Waals surface area contributed by atoms with Crippen LogP contribution in [-0.2, 0) is 17.7 Å². The first-order chi connectivity index (χ1) is 9.74. The molecule has 2 atom stereocenters. The molecule has 1 saturated carbocycles. The molecule has 0 bridgehead atoms. The first-order valence-electron chi connectivity index (χ1n) is 7.47. The Morgan fingerprint density at radius 1 is 1.40 bits per heavy atom. The van der Waals surface area contributed by atoms with Crippen LogP contribution >= 0.6 is 0 Å². The van der Waals surface area contributed by atoms with Crippen molar-refractivity contribution < 1.29 is 4.74 Å². The first kappa shape index (κ1) is 13.6. The average Bonchev–Trinajstić information content (AvgIpc) is 3.23. The van der Waals surface area contributed by atoms with Gasteiger partial charge in [0.25, 0.3) is 0 Å². The van der Waals surface area contributed by atoms with Crippen LogP contribution in [0.5, 0.6) is 0 Å². The molecule has 1 heterocycles. The van der Waals surface area contributed by atoms with Gasteiger partial charge in [-0.05, 0) is 31.7 Å². The second-order valence-corrected chi connectivity index (χ2v) is 5.69. The van der Waals surface area contributed by atoms with Crippen molar-refractivity contribution in [1.29, 1.82) is 0 Å². The van der Waals surface area contributed by atoms with Gasteiger partial charge in [-0.3, -0.25) is 4.68 Å². The highest BCUT2D eigenvalue weighted by Gasteiger charge is 2.35. The number of benzene rings is 1. The molecule has 4 heteroatoms. The minimum atomic E-state index is 0.0242. The maximum Gasteiger partial charge on any atom is 0.0754 e. The van der Waals surface area contributed by atoms with Crippen LogP contribution in [0.1, 0.15) is 25.5 Å². The summed E-state index contributed by atoms with van der Waals surface area (Å²) in [4.78, 5) is 0. The number of hydrogen-bond donors (Lipinski definition) is 1. The maximum absolute atomic E-state index is 6.37. The summed E-state index contributed by atoms with van der Waals surface area (Å²) in [5.41, 5.74) is 8.66. The Kier molecular flexibility index (Phi) is 3.76. The number of aromatic nitrogens is 2. The van der Waals surface area contributed by atoms with Gasteiger partial charge < -0.3 is 10.5 Å².